The van der Waals surface area contributed by atoms with Gasteiger partial charge in [0.15, 0.2) is 11.5 Å². The number of rotatable bonds is 7. The van der Waals surface area contributed by atoms with Crippen molar-refractivity contribution in [2.45, 2.75) is 12.5 Å². The van der Waals surface area contributed by atoms with E-state index in [-0.39, 0.29) is 34.9 Å². The maximum Gasteiger partial charge on any atom is 0.294 e. The van der Waals surface area contributed by atoms with E-state index in [0.717, 1.165) is 22.4 Å². The van der Waals surface area contributed by atoms with Crippen molar-refractivity contribution in [2.75, 3.05) is 32.6 Å². The van der Waals surface area contributed by atoms with Gasteiger partial charge < -0.3 is 14.8 Å². The fourth-order valence-electron chi connectivity index (χ4n) is 4.08. The molecule has 0 unspecified atom stereocenters. The van der Waals surface area contributed by atoms with Crippen LogP contribution in [-0.2, 0) is 11.2 Å². The van der Waals surface area contributed by atoms with Crippen molar-refractivity contribution >= 4 is 40.2 Å². The van der Waals surface area contributed by atoms with Crippen LogP contribution in [0.25, 0.3) is 0 Å². The number of nitro benzene ring substituents is 1. The monoisotopic (exact) mass is 487 g/mol. The molecule has 1 aliphatic rings. The van der Waals surface area contributed by atoms with Gasteiger partial charge in [0.1, 0.15) is 5.69 Å². The molecule has 10 heteroatoms. The van der Waals surface area contributed by atoms with Crippen LogP contribution >= 0.6 is 22.9 Å². The van der Waals surface area contributed by atoms with Crippen LogP contribution in [0.1, 0.15) is 22.0 Å². The van der Waals surface area contributed by atoms with Crippen LogP contribution in [0.4, 0.5) is 11.4 Å². The van der Waals surface area contributed by atoms with Crippen LogP contribution in [0.3, 0.4) is 0 Å². The van der Waals surface area contributed by atoms with Crippen LogP contribution in [0.15, 0.2) is 47.8 Å². The second-order valence-electron chi connectivity index (χ2n) is 7.51. The van der Waals surface area contributed by atoms with E-state index >= 15 is 0 Å². The Morgan fingerprint density at radius 2 is 2.00 bits per heavy atom. The number of benzene rings is 2. The zero-order valence-electron chi connectivity index (χ0n) is 18.0. The number of hydrogen-bond donors (Lipinski definition) is 1. The largest absolute Gasteiger partial charge is 0.493 e. The van der Waals surface area contributed by atoms with Crippen LogP contribution in [0.2, 0.25) is 5.02 Å². The third-order valence-electron chi connectivity index (χ3n) is 5.56. The Morgan fingerprint density at radius 3 is 2.67 bits per heavy atom. The number of ether oxygens (including phenoxy) is 2. The molecule has 0 radical (unpaired) electrons. The standard InChI is InChI=1S/C23H22ClN3O5S/c1-31-19-10-14-7-8-26(23(21-4-3-9-33-21)16(14)12-20(19)32-2)13-22(28)25-17-6-5-15(24)11-18(17)27(29)30/h3-6,9-12,23H,7-8,13H2,1-2H3,(H,25,28)/t23-/m0/s1. The zero-order chi connectivity index (χ0) is 23.5. The van der Waals surface area contributed by atoms with Gasteiger partial charge in [-0.3, -0.25) is 19.8 Å². The minimum atomic E-state index is -0.563. The van der Waals surface area contributed by atoms with E-state index in [9.17, 15) is 14.9 Å². The highest BCUT2D eigenvalue weighted by Crippen LogP contribution is 2.42. The van der Waals surface area contributed by atoms with E-state index in [1.165, 1.54) is 18.2 Å². The maximum atomic E-state index is 12.9. The average Bonchev–Trinajstić information content (AvgIpc) is 3.33. The number of carbonyl (C=O) groups excluding carboxylic acids is 1. The Morgan fingerprint density at radius 1 is 1.24 bits per heavy atom. The van der Waals surface area contributed by atoms with E-state index in [0.29, 0.717) is 18.0 Å². The number of thiophene rings is 1. The quantitative estimate of drug-likeness (QED) is 0.376. The molecule has 0 spiro atoms. The lowest BCUT2D eigenvalue weighted by Crippen LogP contribution is -2.41. The van der Waals surface area contributed by atoms with Crippen LogP contribution in [0.5, 0.6) is 11.5 Å². The highest BCUT2D eigenvalue weighted by Gasteiger charge is 2.32. The summed E-state index contributed by atoms with van der Waals surface area (Å²) in [5, 5.41) is 16.3. The van der Waals surface area contributed by atoms with Crippen molar-refractivity contribution in [2.24, 2.45) is 0 Å². The van der Waals surface area contributed by atoms with Gasteiger partial charge in [-0.05, 0) is 53.3 Å². The summed E-state index contributed by atoms with van der Waals surface area (Å²) in [6.07, 6.45) is 0.728. The van der Waals surface area contributed by atoms with Gasteiger partial charge in [0.05, 0.1) is 31.7 Å². The molecule has 1 amide bonds. The molecule has 4 rings (SSSR count). The maximum absolute atomic E-state index is 12.9. The Bertz CT molecular complexity index is 1190. The summed E-state index contributed by atoms with van der Waals surface area (Å²) in [6, 6.07) is 12.0. The summed E-state index contributed by atoms with van der Waals surface area (Å²) in [5.74, 6) is 0.953. The number of fused-ring (bicyclic) bond motifs is 1. The lowest BCUT2D eigenvalue weighted by Gasteiger charge is -2.37. The number of amides is 1. The van der Waals surface area contributed by atoms with Gasteiger partial charge in [-0.25, -0.2) is 0 Å². The first kappa shape index (κ1) is 23.0. The number of halogens is 1. The van der Waals surface area contributed by atoms with Gasteiger partial charge in [-0.15, -0.1) is 11.3 Å². The SMILES string of the molecule is COc1cc2c(cc1OC)[C@@H](c1cccs1)N(CC(=O)Nc1ccc(Cl)cc1[N+](=O)[O-])CC2. The Balaban J connectivity index is 1.63. The number of nitro groups is 1. The van der Waals surface area contributed by atoms with Gasteiger partial charge in [0.25, 0.3) is 5.69 Å². The third kappa shape index (κ3) is 4.80. The van der Waals surface area contributed by atoms with E-state index < -0.39 is 4.92 Å². The van der Waals surface area contributed by atoms with Crippen molar-refractivity contribution in [3.8, 4) is 11.5 Å². The molecule has 1 N–H and O–H groups in total. The molecular weight excluding hydrogens is 466 g/mol. The van der Waals surface area contributed by atoms with Crippen molar-refractivity contribution in [3.63, 3.8) is 0 Å². The lowest BCUT2D eigenvalue weighted by molar-refractivity contribution is -0.383. The number of anilines is 1. The molecule has 0 bridgehead atoms. The van der Waals surface area contributed by atoms with Gasteiger partial charge in [-0.2, -0.15) is 0 Å². The first-order valence-electron chi connectivity index (χ1n) is 10.2. The molecule has 0 fully saturated rings. The molecule has 2 aromatic carbocycles. The molecule has 8 nitrogen and oxygen atoms in total. The molecule has 1 atom stereocenters. The topological polar surface area (TPSA) is 93.9 Å². The summed E-state index contributed by atoms with van der Waals surface area (Å²) >= 11 is 7.49. The number of carbonyl (C=O) groups is 1. The number of nitrogens with zero attached hydrogens (tertiary/aromatic N) is 2. The van der Waals surface area contributed by atoms with Gasteiger partial charge >= 0.3 is 0 Å². The van der Waals surface area contributed by atoms with Gasteiger partial charge in [0, 0.05) is 22.5 Å². The minimum absolute atomic E-state index is 0.0656. The fourth-order valence-corrected chi connectivity index (χ4v) is 5.13. The van der Waals surface area contributed by atoms with Crippen molar-refractivity contribution in [1.29, 1.82) is 0 Å². The molecule has 0 aliphatic carbocycles. The number of hydrogen-bond acceptors (Lipinski definition) is 7. The molecule has 2 heterocycles. The second kappa shape index (κ2) is 9.78. The first-order valence-corrected chi connectivity index (χ1v) is 11.4. The Kier molecular flexibility index (Phi) is 6.83. The summed E-state index contributed by atoms with van der Waals surface area (Å²) < 4.78 is 11.0. The molecule has 33 heavy (non-hydrogen) atoms. The molecule has 1 aliphatic heterocycles. The van der Waals surface area contributed by atoms with Crippen molar-refractivity contribution < 1.29 is 19.2 Å². The van der Waals surface area contributed by atoms with Crippen LogP contribution in [0, 0.1) is 10.1 Å². The minimum Gasteiger partial charge on any atom is -0.493 e. The van der Waals surface area contributed by atoms with Crippen molar-refractivity contribution in [1.82, 2.24) is 4.90 Å². The van der Waals surface area contributed by atoms with Crippen LogP contribution in [-0.4, -0.2) is 43.0 Å². The summed E-state index contributed by atoms with van der Waals surface area (Å²) in [4.78, 5) is 26.9. The van der Waals surface area contributed by atoms with E-state index in [2.05, 4.69) is 10.2 Å². The average molecular weight is 488 g/mol. The predicted molar refractivity (Wildman–Crippen MR) is 128 cm³/mol. The van der Waals surface area contributed by atoms with E-state index in [4.69, 9.17) is 21.1 Å². The smallest absolute Gasteiger partial charge is 0.294 e. The molecule has 0 saturated carbocycles. The number of nitrogens with one attached hydrogen (secondary N) is 1. The molecule has 172 valence electrons. The second-order valence-corrected chi connectivity index (χ2v) is 8.93. The van der Waals surface area contributed by atoms with Gasteiger partial charge in [-0.1, -0.05) is 17.7 Å². The normalized spacial score (nSPS) is 15.5. The zero-order valence-corrected chi connectivity index (χ0v) is 19.6. The highest BCUT2D eigenvalue weighted by atomic mass is 35.5. The van der Waals surface area contributed by atoms with E-state index in [1.807, 2.05) is 29.6 Å². The fraction of sp³-hybridized carbons (Fsp3) is 0.261. The third-order valence-corrected chi connectivity index (χ3v) is 6.72. The molecular formula is C23H22ClN3O5S. The molecule has 0 saturated heterocycles. The Labute approximate surface area is 199 Å². The predicted octanol–water partition coefficient (Wildman–Crippen LogP) is 4.91. The molecule has 3 aromatic rings. The highest BCUT2D eigenvalue weighted by molar-refractivity contribution is 7.10. The summed E-state index contributed by atoms with van der Waals surface area (Å²) in [5.41, 5.74) is 2.06. The first-order chi connectivity index (χ1) is 15.9. The van der Waals surface area contributed by atoms with Crippen LogP contribution < -0.4 is 14.8 Å². The van der Waals surface area contributed by atoms with Gasteiger partial charge in [0.2, 0.25) is 5.91 Å². The molecule has 1 aromatic heterocycles. The van der Waals surface area contributed by atoms with E-state index in [1.54, 1.807) is 25.6 Å². The lowest BCUT2D eigenvalue weighted by atomic mass is 9.91. The summed E-state index contributed by atoms with van der Waals surface area (Å²) in [7, 11) is 3.20. The van der Waals surface area contributed by atoms with Crippen molar-refractivity contribution in [3.05, 3.63) is 79.0 Å². The summed E-state index contributed by atoms with van der Waals surface area (Å²) in [6.45, 7) is 0.706. The Hall–Kier alpha value is -3.14. The number of methoxy groups -OCH3 is 2.